The average Bonchev–Trinajstić information content (AvgIpc) is 3.98. The molecule has 0 aromatic carbocycles. The molecule has 12 heteroatoms. The second-order valence-corrected chi connectivity index (χ2v) is 17.9. The Bertz CT molecular complexity index is 2770. The van der Waals surface area contributed by atoms with Crippen molar-refractivity contribution in [3.05, 3.63) is 113 Å². The third kappa shape index (κ3) is 5.28. The summed E-state index contributed by atoms with van der Waals surface area (Å²) in [5.41, 5.74) is 4.38. The highest BCUT2D eigenvalue weighted by Crippen LogP contribution is 2.64. The SMILES string of the molecule is N#CC(C#N)=C1C2=CCCC=C2C(=O)/C1=C\c1cc2c(s1)-c1sc3cc(/C=C4\C(=O)C5=CCC(C(F)(F)F)CC=C5C4=C(C#N)C#N)sc3c1C21CCCCC1. The van der Waals surface area contributed by atoms with Gasteiger partial charge in [-0.3, -0.25) is 9.59 Å². The average molecular weight is 797 g/mol. The molecule has 6 aliphatic carbocycles. The summed E-state index contributed by atoms with van der Waals surface area (Å²) in [6, 6.07) is 11.9. The molecule has 0 radical (unpaired) electrons. The van der Waals surface area contributed by atoms with E-state index in [9.17, 15) is 43.8 Å². The molecule has 0 N–H and O–H groups in total. The Morgan fingerprint density at radius 3 is 1.82 bits per heavy atom. The van der Waals surface area contributed by atoms with Crippen LogP contribution in [0.2, 0.25) is 0 Å². The van der Waals surface area contributed by atoms with Crippen molar-refractivity contribution in [1.29, 1.82) is 21.0 Å². The standard InChI is InChI=1S/C44H27F3N4O2S3/c45-44(46,47)24-8-10-28-30(11-9-24)39(53)32(36(28)23(20-50)21-51)15-26-17-34-41(55-26)37-42(56-34)40-33(43(37)12-4-1-5-13-43)16-25(54-40)14-31-35(22(18-48)19-49)27-6-2-3-7-29(27)38(31)52/h6-7,10-11,14-17,24H,1-5,8-9,12-13H2/b31-14-,32-15-. The lowest BCUT2D eigenvalue weighted by atomic mass is 9.68. The fraction of sp³-hybridized carbons (Fsp3) is 0.273. The molecule has 0 amide bonds. The number of hydrogen-bond acceptors (Lipinski definition) is 9. The van der Waals surface area contributed by atoms with Crippen molar-refractivity contribution in [2.24, 2.45) is 5.92 Å². The second kappa shape index (κ2) is 13.2. The lowest BCUT2D eigenvalue weighted by molar-refractivity contribution is -0.172. The van der Waals surface area contributed by atoms with Crippen molar-refractivity contribution in [2.45, 2.75) is 69.4 Å². The number of nitriles is 4. The van der Waals surface area contributed by atoms with Crippen LogP contribution in [0.5, 0.6) is 0 Å². The van der Waals surface area contributed by atoms with Gasteiger partial charge in [-0.2, -0.15) is 34.2 Å². The van der Waals surface area contributed by atoms with E-state index in [1.807, 2.05) is 48.6 Å². The number of rotatable bonds is 2. The summed E-state index contributed by atoms with van der Waals surface area (Å²) in [7, 11) is 0. The maximum atomic E-state index is 13.9. The molecule has 6 aliphatic rings. The van der Waals surface area contributed by atoms with Crippen molar-refractivity contribution < 1.29 is 22.8 Å². The van der Waals surface area contributed by atoms with E-state index in [2.05, 4.69) is 6.07 Å². The Kier molecular flexibility index (Phi) is 8.53. The minimum atomic E-state index is -4.45. The van der Waals surface area contributed by atoms with Gasteiger partial charge in [0.15, 0.2) is 11.6 Å². The van der Waals surface area contributed by atoms with Gasteiger partial charge in [-0.15, -0.1) is 34.0 Å². The number of carbonyl (C=O) groups excluding carboxylic acids is 2. The quantitative estimate of drug-likeness (QED) is 0.187. The van der Waals surface area contributed by atoms with Gasteiger partial charge in [0.25, 0.3) is 0 Å². The maximum Gasteiger partial charge on any atom is 0.392 e. The van der Waals surface area contributed by atoms with Crippen LogP contribution in [0.4, 0.5) is 13.2 Å². The molecule has 3 aromatic heterocycles. The Morgan fingerprint density at radius 1 is 0.696 bits per heavy atom. The number of Topliss-reactive ketones (excluding diaryl/α,β-unsaturated/α-hetero) is 2. The van der Waals surface area contributed by atoms with Gasteiger partial charge in [-0.05, 0) is 79.5 Å². The van der Waals surface area contributed by atoms with E-state index in [0.717, 1.165) is 69.0 Å². The van der Waals surface area contributed by atoms with Gasteiger partial charge < -0.3 is 0 Å². The van der Waals surface area contributed by atoms with Crippen LogP contribution in [0.1, 0.15) is 78.7 Å². The molecule has 1 unspecified atom stereocenters. The molecule has 3 fully saturated rings. The summed E-state index contributed by atoms with van der Waals surface area (Å²) in [6.07, 6.45) is 11.4. The van der Waals surface area contributed by atoms with Crippen molar-refractivity contribution in [1.82, 2.24) is 0 Å². The van der Waals surface area contributed by atoms with Gasteiger partial charge in [0, 0.05) is 63.7 Å². The Balaban J connectivity index is 1.15. The molecule has 9 rings (SSSR count). The van der Waals surface area contributed by atoms with Gasteiger partial charge in [0.2, 0.25) is 0 Å². The molecule has 56 heavy (non-hydrogen) atoms. The highest BCUT2D eigenvalue weighted by molar-refractivity contribution is 7.32. The molecule has 3 heterocycles. The first-order valence-electron chi connectivity index (χ1n) is 18.3. The summed E-state index contributed by atoms with van der Waals surface area (Å²) in [5.74, 6) is -2.32. The summed E-state index contributed by atoms with van der Waals surface area (Å²) >= 11 is 4.81. The molecule has 6 nitrogen and oxygen atoms in total. The molecular weight excluding hydrogens is 770 g/mol. The zero-order valence-corrected chi connectivity index (χ0v) is 32.0. The summed E-state index contributed by atoms with van der Waals surface area (Å²) in [5, 5.41) is 39.4. The van der Waals surface area contributed by atoms with Crippen LogP contribution in [0.3, 0.4) is 0 Å². The van der Waals surface area contributed by atoms with Gasteiger partial charge in [0.1, 0.15) is 35.4 Å². The first-order chi connectivity index (χ1) is 27.0. The van der Waals surface area contributed by atoms with Gasteiger partial charge in [-0.1, -0.05) is 43.6 Å². The number of thiophene rings is 3. The van der Waals surface area contributed by atoms with Crippen molar-refractivity contribution in [3.63, 3.8) is 0 Å². The first-order valence-corrected chi connectivity index (χ1v) is 20.7. The fourth-order valence-corrected chi connectivity index (χ4v) is 13.4. The van der Waals surface area contributed by atoms with Gasteiger partial charge in [0.05, 0.1) is 15.5 Å². The number of halogens is 3. The first kappa shape index (κ1) is 36.0. The lowest BCUT2D eigenvalue weighted by Gasteiger charge is -2.35. The summed E-state index contributed by atoms with van der Waals surface area (Å²) < 4.78 is 43.0. The van der Waals surface area contributed by atoms with E-state index in [0.29, 0.717) is 22.3 Å². The third-order valence-corrected chi connectivity index (χ3v) is 15.3. The molecule has 0 bridgehead atoms. The normalized spacial score (nSPS) is 22.3. The highest BCUT2D eigenvalue weighted by Gasteiger charge is 2.48. The molecular formula is C44H27F3N4O2S3. The van der Waals surface area contributed by atoms with Crippen molar-refractivity contribution in [3.8, 4) is 34.0 Å². The molecule has 1 spiro atoms. The monoisotopic (exact) mass is 796 g/mol. The van der Waals surface area contributed by atoms with Crippen LogP contribution in [-0.4, -0.2) is 17.7 Å². The molecule has 0 saturated heterocycles. The largest absolute Gasteiger partial charge is 0.392 e. The number of hydrogen-bond donors (Lipinski definition) is 0. The third-order valence-electron chi connectivity index (χ3n) is 11.7. The molecule has 3 aromatic rings. The van der Waals surface area contributed by atoms with Crippen LogP contribution in [0.25, 0.3) is 31.3 Å². The minimum Gasteiger partial charge on any atom is -0.289 e. The predicted molar refractivity (Wildman–Crippen MR) is 210 cm³/mol. The maximum absolute atomic E-state index is 13.9. The number of nitrogens with zero attached hydrogens (tertiary/aromatic N) is 4. The summed E-state index contributed by atoms with van der Waals surface area (Å²) in [4.78, 5) is 31.5. The zero-order valence-electron chi connectivity index (χ0n) is 29.5. The zero-order chi connectivity index (χ0) is 39.1. The van der Waals surface area contributed by atoms with Crippen LogP contribution in [-0.2, 0) is 15.0 Å². The Morgan fingerprint density at radius 2 is 1.23 bits per heavy atom. The highest BCUT2D eigenvalue weighted by atomic mass is 32.1. The number of alkyl halides is 3. The second-order valence-electron chi connectivity index (χ2n) is 14.7. The molecule has 0 aliphatic heterocycles. The smallest absolute Gasteiger partial charge is 0.289 e. The van der Waals surface area contributed by atoms with E-state index in [-0.39, 0.29) is 57.5 Å². The number of allylic oxidation sites excluding steroid dienone is 14. The van der Waals surface area contributed by atoms with E-state index >= 15 is 0 Å². The van der Waals surface area contributed by atoms with Gasteiger partial charge in [-0.25, -0.2) is 0 Å². The predicted octanol–water partition coefficient (Wildman–Crippen LogP) is 11.3. The Hall–Kier alpha value is -5.63. The van der Waals surface area contributed by atoms with Gasteiger partial charge >= 0.3 is 6.18 Å². The minimum absolute atomic E-state index is 0.0725. The van der Waals surface area contributed by atoms with Crippen LogP contribution in [0, 0.1) is 51.2 Å². The molecule has 3 saturated carbocycles. The topological polar surface area (TPSA) is 129 Å². The van der Waals surface area contributed by atoms with E-state index in [4.69, 9.17) is 0 Å². The van der Waals surface area contributed by atoms with E-state index in [1.165, 1.54) is 39.5 Å². The van der Waals surface area contributed by atoms with Crippen molar-refractivity contribution in [2.75, 3.05) is 0 Å². The van der Waals surface area contributed by atoms with Crippen LogP contribution < -0.4 is 0 Å². The lowest BCUT2D eigenvalue weighted by Crippen LogP contribution is -2.27. The fourth-order valence-electron chi connectivity index (χ4n) is 9.25. The van der Waals surface area contributed by atoms with E-state index in [1.54, 1.807) is 28.7 Å². The number of fused-ring (bicyclic) bond motifs is 9. The molecule has 274 valence electrons. The van der Waals surface area contributed by atoms with Crippen LogP contribution >= 0.6 is 34.0 Å². The summed E-state index contributed by atoms with van der Waals surface area (Å²) in [6.45, 7) is 0. The number of carbonyl (C=O) groups is 2. The Labute approximate surface area is 331 Å². The van der Waals surface area contributed by atoms with E-state index < -0.39 is 17.9 Å². The number of ketones is 2. The van der Waals surface area contributed by atoms with Crippen molar-refractivity contribution >= 4 is 67.1 Å². The van der Waals surface area contributed by atoms with Crippen LogP contribution in [0.15, 0.2) is 92.2 Å². The molecule has 1 atom stereocenters.